The standard InChI is InChI=1S/C17H13ClN2O4/c18-12-8-13-10(7-16(22)19-13)5-14(12)20-15(21)6-9-3-1-2-4-11(9)17(23)24/h1-5,8H,6-7H2,(H,19,22)(H,20,21)(H,23,24). The van der Waals surface area contributed by atoms with E-state index in [9.17, 15) is 14.4 Å². The Balaban J connectivity index is 1.78. The topological polar surface area (TPSA) is 95.5 Å². The maximum absolute atomic E-state index is 12.2. The minimum Gasteiger partial charge on any atom is -0.478 e. The minimum absolute atomic E-state index is 0.0856. The Morgan fingerprint density at radius 3 is 2.75 bits per heavy atom. The lowest BCUT2D eigenvalue weighted by Crippen LogP contribution is -2.16. The van der Waals surface area contributed by atoms with Crippen molar-refractivity contribution in [1.82, 2.24) is 0 Å². The van der Waals surface area contributed by atoms with Crippen LogP contribution in [0.4, 0.5) is 11.4 Å². The third kappa shape index (κ3) is 3.23. The van der Waals surface area contributed by atoms with E-state index in [4.69, 9.17) is 16.7 Å². The highest BCUT2D eigenvalue weighted by atomic mass is 35.5. The fraction of sp³-hybridized carbons (Fsp3) is 0.118. The molecule has 1 aliphatic heterocycles. The van der Waals surface area contributed by atoms with E-state index >= 15 is 0 Å². The van der Waals surface area contributed by atoms with Gasteiger partial charge >= 0.3 is 5.97 Å². The summed E-state index contributed by atoms with van der Waals surface area (Å²) in [7, 11) is 0. The fourth-order valence-corrected chi connectivity index (χ4v) is 2.81. The molecule has 0 aromatic heterocycles. The van der Waals surface area contributed by atoms with Crippen LogP contribution in [-0.2, 0) is 22.4 Å². The monoisotopic (exact) mass is 344 g/mol. The Kier molecular flexibility index (Phi) is 4.22. The van der Waals surface area contributed by atoms with Crippen molar-refractivity contribution in [2.45, 2.75) is 12.8 Å². The molecule has 2 amide bonds. The Bertz CT molecular complexity index is 864. The van der Waals surface area contributed by atoms with Crippen molar-refractivity contribution in [2.75, 3.05) is 10.6 Å². The predicted octanol–water partition coefficient (Wildman–Crippen LogP) is 2.71. The molecule has 0 aliphatic carbocycles. The molecule has 0 fully saturated rings. The summed E-state index contributed by atoms with van der Waals surface area (Å²) in [6.07, 6.45) is 0.143. The highest BCUT2D eigenvalue weighted by Crippen LogP contribution is 2.32. The first-order valence-corrected chi connectivity index (χ1v) is 7.55. The van der Waals surface area contributed by atoms with Gasteiger partial charge in [0.05, 0.1) is 29.1 Å². The Hall–Kier alpha value is -2.86. The number of fused-ring (bicyclic) bond motifs is 1. The van der Waals surface area contributed by atoms with Crippen LogP contribution in [0.1, 0.15) is 21.5 Å². The van der Waals surface area contributed by atoms with Crippen LogP contribution in [0.15, 0.2) is 36.4 Å². The average Bonchev–Trinajstić information content (AvgIpc) is 2.87. The third-order valence-electron chi connectivity index (χ3n) is 3.69. The van der Waals surface area contributed by atoms with Gasteiger partial charge in [-0.2, -0.15) is 0 Å². The normalized spacial score (nSPS) is 12.5. The van der Waals surface area contributed by atoms with E-state index in [0.717, 1.165) is 5.56 Å². The Morgan fingerprint density at radius 1 is 1.25 bits per heavy atom. The van der Waals surface area contributed by atoms with Crippen LogP contribution in [0.5, 0.6) is 0 Å². The number of carboxylic acids is 1. The molecule has 7 heteroatoms. The van der Waals surface area contributed by atoms with E-state index in [1.807, 2.05) is 0 Å². The highest BCUT2D eigenvalue weighted by Gasteiger charge is 2.20. The van der Waals surface area contributed by atoms with Gasteiger partial charge in [-0.1, -0.05) is 29.8 Å². The molecule has 2 aromatic rings. The number of amides is 2. The molecule has 24 heavy (non-hydrogen) atoms. The Labute approximate surface area is 142 Å². The molecule has 0 radical (unpaired) electrons. The molecule has 0 bridgehead atoms. The highest BCUT2D eigenvalue weighted by molar-refractivity contribution is 6.34. The lowest BCUT2D eigenvalue weighted by molar-refractivity contribution is -0.116. The average molecular weight is 345 g/mol. The summed E-state index contributed by atoms with van der Waals surface area (Å²) in [5, 5.41) is 14.8. The fourth-order valence-electron chi connectivity index (χ4n) is 2.59. The van der Waals surface area contributed by atoms with Gasteiger partial charge in [0.2, 0.25) is 11.8 Å². The summed E-state index contributed by atoms with van der Waals surface area (Å²) < 4.78 is 0. The summed E-state index contributed by atoms with van der Waals surface area (Å²) in [5.41, 5.74) is 2.29. The number of anilines is 2. The van der Waals surface area contributed by atoms with E-state index in [2.05, 4.69) is 10.6 Å². The number of carbonyl (C=O) groups excluding carboxylic acids is 2. The summed E-state index contributed by atoms with van der Waals surface area (Å²) in [5.74, 6) is -1.60. The third-order valence-corrected chi connectivity index (χ3v) is 4.00. The molecule has 122 valence electrons. The lowest BCUT2D eigenvalue weighted by Gasteiger charge is -2.10. The van der Waals surface area contributed by atoms with Crippen LogP contribution >= 0.6 is 11.6 Å². The summed E-state index contributed by atoms with van der Waals surface area (Å²) >= 11 is 6.12. The van der Waals surface area contributed by atoms with Crippen molar-refractivity contribution in [2.24, 2.45) is 0 Å². The number of halogens is 1. The van der Waals surface area contributed by atoms with Gasteiger partial charge in [0, 0.05) is 5.69 Å². The predicted molar refractivity (Wildman–Crippen MR) is 89.5 cm³/mol. The van der Waals surface area contributed by atoms with Crippen LogP contribution in [0.25, 0.3) is 0 Å². The SMILES string of the molecule is O=C(Cc1ccccc1C(=O)O)Nc1cc2c(cc1Cl)NC(=O)C2. The van der Waals surface area contributed by atoms with Crippen LogP contribution in [0, 0.1) is 0 Å². The number of nitrogens with one attached hydrogen (secondary N) is 2. The molecule has 2 aromatic carbocycles. The molecule has 0 spiro atoms. The maximum Gasteiger partial charge on any atom is 0.335 e. The van der Waals surface area contributed by atoms with Gasteiger partial charge in [-0.15, -0.1) is 0 Å². The van der Waals surface area contributed by atoms with Gasteiger partial charge in [0.15, 0.2) is 0 Å². The van der Waals surface area contributed by atoms with Crippen molar-refractivity contribution in [3.8, 4) is 0 Å². The van der Waals surface area contributed by atoms with Crippen LogP contribution in [0.2, 0.25) is 5.02 Å². The number of carbonyl (C=O) groups is 3. The van der Waals surface area contributed by atoms with E-state index in [-0.39, 0.29) is 30.2 Å². The van der Waals surface area contributed by atoms with E-state index in [1.54, 1.807) is 30.3 Å². The zero-order valence-corrected chi connectivity index (χ0v) is 13.2. The maximum atomic E-state index is 12.2. The molecule has 0 unspecified atom stereocenters. The van der Waals surface area contributed by atoms with Crippen molar-refractivity contribution in [1.29, 1.82) is 0 Å². The zero-order valence-electron chi connectivity index (χ0n) is 12.4. The van der Waals surface area contributed by atoms with Gasteiger partial charge in [0.1, 0.15) is 0 Å². The molecule has 0 saturated heterocycles. The van der Waals surface area contributed by atoms with Gasteiger partial charge < -0.3 is 15.7 Å². The molecule has 0 atom stereocenters. The van der Waals surface area contributed by atoms with Crippen molar-refractivity contribution < 1.29 is 19.5 Å². The number of carboxylic acid groups (broad SMARTS) is 1. The molecule has 6 nitrogen and oxygen atoms in total. The van der Waals surface area contributed by atoms with Crippen LogP contribution < -0.4 is 10.6 Å². The second-order valence-corrected chi connectivity index (χ2v) is 5.81. The van der Waals surface area contributed by atoms with Crippen LogP contribution in [0.3, 0.4) is 0 Å². The molecular formula is C17H13ClN2O4. The molecule has 1 heterocycles. The molecule has 0 saturated carbocycles. The van der Waals surface area contributed by atoms with Gasteiger partial charge in [-0.3, -0.25) is 9.59 Å². The van der Waals surface area contributed by atoms with Gasteiger partial charge in [-0.25, -0.2) is 4.79 Å². The van der Waals surface area contributed by atoms with Crippen molar-refractivity contribution in [3.63, 3.8) is 0 Å². The zero-order chi connectivity index (χ0) is 17.3. The minimum atomic E-state index is -1.08. The smallest absolute Gasteiger partial charge is 0.335 e. The first-order valence-electron chi connectivity index (χ1n) is 7.17. The number of benzene rings is 2. The first kappa shape index (κ1) is 16.0. The first-order chi connectivity index (χ1) is 11.4. The van der Waals surface area contributed by atoms with Crippen molar-refractivity contribution >= 4 is 40.8 Å². The summed E-state index contributed by atoms with van der Waals surface area (Å²) in [6.45, 7) is 0. The summed E-state index contributed by atoms with van der Waals surface area (Å²) in [4.78, 5) is 34.8. The molecule has 3 N–H and O–H groups in total. The summed E-state index contributed by atoms with van der Waals surface area (Å²) in [6, 6.07) is 9.56. The lowest BCUT2D eigenvalue weighted by atomic mass is 10.0. The van der Waals surface area contributed by atoms with Crippen molar-refractivity contribution in [3.05, 3.63) is 58.1 Å². The quantitative estimate of drug-likeness (QED) is 0.794. The number of aromatic carboxylic acids is 1. The second kappa shape index (κ2) is 6.33. The molecular weight excluding hydrogens is 332 g/mol. The van der Waals surface area contributed by atoms with E-state index in [0.29, 0.717) is 22.0 Å². The van der Waals surface area contributed by atoms with E-state index < -0.39 is 5.97 Å². The Morgan fingerprint density at radius 2 is 2.00 bits per heavy atom. The number of hydrogen-bond acceptors (Lipinski definition) is 3. The van der Waals surface area contributed by atoms with Gasteiger partial charge in [-0.05, 0) is 29.3 Å². The molecule has 3 rings (SSSR count). The van der Waals surface area contributed by atoms with E-state index in [1.165, 1.54) is 6.07 Å². The molecule has 1 aliphatic rings. The number of rotatable bonds is 4. The largest absolute Gasteiger partial charge is 0.478 e. The van der Waals surface area contributed by atoms with Crippen LogP contribution in [-0.4, -0.2) is 22.9 Å². The van der Waals surface area contributed by atoms with Gasteiger partial charge in [0.25, 0.3) is 0 Å². The second-order valence-electron chi connectivity index (χ2n) is 5.40. The number of hydrogen-bond donors (Lipinski definition) is 3.